The molecule has 100 valence electrons. The van der Waals surface area contributed by atoms with Crippen LogP contribution in [0.1, 0.15) is 40.5 Å². The van der Waals surface area contributed by atoms with Gasteiger partial charge in [0.1, 0.15) is 0 Å². The molecule has 3 rings (SSSR count). The number of nitrogens with one attached hydrogen (secondary N) is 1. The molecule has 2 heterocycles. The van der Waals surface area contributed by atoms with Crippen molar-refractivity contribution in [3.8, 4) is 0 Å². The van der Waals surface area contributed by atoms with Gasteiger partial charge in [0.25, 0.3) is 11.8 Å². The van der Waals surface area contributed by atoms with Gasteiger partial charge in [-0.15, -0.1) is 0 Å². The number of imide groups is 1. The van der Waals surface area contributed by atoms with Crippen LogP contribution >= 0.6 is 0 Å². The molecular weight excluding hydrogens is 242 g/mol. The normalized spacial score (nSPS) is 26.7. The van der Waals surface area contributed by atoms with E-state index in [0.717, 1.165) is 19.4 Å². The van der Waals surface area contributed by atoms with Gasteiger partial charge in [0.05, 0.1) is 16.7 Å². The van der Waals surface area contributed by atoms with Crippen molar-refractivity contribution < 1.29 is 9.59 Å². The fourth-order valence-electron chi connectivity index (χ4n) is 3.03. The van der Waals surface area contributed by atoms with E-state index in [9.17, 15) is 9.59 Å². The second kappa shape index (κ2) is 4.06. The van der Waals surface area contributed by atoms with Crippen LogP contribution < -0.4 is 11.1 Å². The number of carbonyl (C=O) groups is 2. The summed E-state index contributed by atoms with van der Waals surface area (Å²) in [5, 5.41) is 3.26. The van der Waals surface area contributed by atoms with Crippen LogP contribution in [0.3, 0.4) is 0 Å². The average molecular weight is 259 g/mol. The van der Waals surface area contributed by atoms with Crippen molar-refractivity contribution in [1.29, 1.82) is 0 Å². The Morgan fingerprint density at radius 1 is 1.32 bits per heavy atom. The summed E-state index contributed by atoms with van der Waals surface area (Å²) in [6.07, 6.45) is 1.78. The van der Waals surface area contributed by atoms with Gasteiger partial charge in [-0.3, -0.25) is 14.5 Å². The number of benzene rings is 1. The minimum atomic E-state index is -0.460. The molecule has 0 radical (unpaired) electrons. The number of nitrogens with zero attached hydrogens (tertiary/aromatic N) is 1. The van der Waals surface area contributed by atoms with Crippen LogP contribution in [0.25, 0.3) is 0 Å². The summed E-state index contributed by atoms with van der Waals surface area (Å²) < 4.78 is 0. The predicted octanol–water partition coefficient (Wildman–Crippen LogP) is 1.01. The molecule has 19 heavy (non-hydrogen) atoms. The Labute approximate surface area is 111 Å². The van der Waals surface area contributed by atoms with Crippen LogP contribution in [-0.2, 0) is 0 Å². The van der Waals surface area contributed by atoms with E-state index in [1.165, 1.54) is 4.90 Å². The molecule has 1 saturated heterocycles. The maximum atomic E-state index is 12.5. The number of nitrogens with two attached hydrogens (primary N) is 1. The highest BCUT2D eigenvalue weighted by Gasteiger charge is 2.47. The minimum Gasteiger partial charge on any atom is -0.398 e. The Kier molecular flexibility index (Phi) is 2.60. The van der Waals surface area contributed by atoms with E-state index in [-0.39, 0.29) is 11.8 Å². The Morgan fingerprint density at radius 3 is 2.74 bits per heavy atom. The van der Waals surface area contributed by atoms with E-state index >= 15 is 0 Å². The summed E-state index contributed by atoms with van der Waals surface area (Å²) >= 11 is 0. The lowest BCUT2D eigenvalue weighted by Gasteiger charge is -2.40. The predicted molar refractivity (Wildman–Crippen MR) is 71.9 cm³/mol. The molecule has 5 heteroatoms. The molecule has 3 N–H and O–H groups in total. The lowest BCUT2D eigenvalue weighted by Crippen LogP contribution is -2.57. The van der Waals surface area contributed by atoms with Crippen LogP contribution in [-0.4, -0.2) is 35.3 Å². The molecule has 1 unspecified atom stereocenters. The van der Waals surface area contributed by atoms with E-state index in [0.29, 0.717) is 23.4 Å². The molecule has 2 aliphatic rings. The molecule has 1 aromatic rings. The van der Waals surface area contributed by atoms with E-state index in [4.69, 9.17) is 5.73 Å². The first-order chi connectivity index (χ1) is 9.04. The molecule has 0 spiro atoms. The molecule has 1 atom stereocenters. The van der Waals surface area contributed by atoms with Gasteiger partial charge < -0.3 is 11.1 Å². The minimum absolute atomic E-state index is 0.224. The monoisotopic (exact) mass is 259 g/mol. The van der Waals surface area contributed by atoms with Crippen molar-refractivity contribution in [2.75, 3.05) is 18.8 Å². The number of rotatable bonds is 1. The topological polar surface area (TPSA) is 75.4 Å². The first kappa shape index (κ1) is 12.2. The quantitative estimate of drug-likeness (QED) is 0.583. The molecule has 1 aromatic carbocycles. The molecule has 0 aliphatic carbocycles. The Balaban J connectivity index is 2.05. The van der Waals surface area contributed by atoms with Gasteiger partial charge in [0, 0.05) is 12.2 Å². The molecule has 2 amide bonds. The number of hydrogen-bond donors (Lipinski definition) is 2. The number of amides is 2. The standard InChI is InChI=1S/C14H17N3O2/c1-14(6-3-7-16-8-14)17-12(18)9-4-2-5-10(15)11(9)13(17)19/h2,4-5,16H,3,6-8,15H2,1H3. The fraction of sp³-hybridized carbons (Fsp3) is 0.429. The molecule has 1 fully saturated rings. The van der Waals surface area contributed by atoms with Gasteiger partial charge in [0.2, 0.25) is 0 Å². The van der Waals surface area contributed by atoms with Gasteiger partial charge in [-0.25, -0.2) is 0 Å². The van der Waals surface area contributed by atoms with Crippen molar-refractivity contribution in [2.45, 2.75) is 25.3 Å². The average Bonchev–Trinajstić information content (AvgIpc) is 2.64. The summed E-state index contributed by atoms with van der Waals surface area (Å²) in [4.78, 5) is 26.4. The van der Waals surface area contributed by atoms with E-state index in [2.05, 4.69) is 5.32 Å². The first-order valence-electron chi connectivity index (χ1n) is 6.53. The molecule has 5 nitrogen and oxygen atoms in total. The summed E-state index contributed by atoms with van der Waals surface area (Å²) in [6, 6.07) is 5.05. The largest absolute Gasteiger partial charge is 0.398 e. The zero-order valence-electron chi connectivity index (χ0n) is 10.9. The lowest BCUT2D eigenvalue weighted by molar-refractivity contribution is 0.0402. The summed E-state index contributed by atoms with van der Waals surface area (Å²) in [5.41, 5.74) is 6.55. The highest BCUT2D eigenvalue weighted by atomic mass is 16.2. The van der Waals surface area contributed by atoms with Gasteiger partial charge in [0.15, 0.2) is 0 Å². The first-order valence-corrected chi connectivity index (χ1v) is 6.53. The number of anilines is 1. The van der Waals surface area contributed by atoms with Crippen molar-refractivity contribution in [2.24, 2.45) is 0 Å². The van der Waals surface area contributed by atoms with Gasteiger partial charge in [-0.05, 0) is 38.4 Å². The fourth-order valence-corrected chi connectivity index (χ4v) is 3.03. The van der Waals surface area contributed by atoms with Crippen molar-refractivity contribution in [3.05, 3.63) is 29.3 Å². The third-order valence-electron chi connectivity index (χ3n) is 4.06. The number of fused-ring (bicyclic) bond motifs is 1. The van der Waals surface area contributed by atoms with Gasteiger partial charge in [-0.1, -0.05) is 6.07 Å². The maximum Gasteiger partial charge on any atom is 0.264 e. The third kappa shape index (κ3) is 1.65. The highest BCUT2D eigenvalue weighted by Crippen LogP contribution is 2.35. The van der Waals surface area contributed by atoms with Crippen LogP contribution in [0.15, 0.2) is 18.2 Å². The number of carbonyl (C=O) groups excluding carboxylic acids is 2. The molecular formula is C14H17N3O2. The van der Waals surface area contributed by atoms with Crippen LogP contribution in [0.2, 0.25) is 0 Å². The van der Waals surface area contributed by atoms with Crippen LogP contribution in [0.4, 0.5) is 5.69 Å². The summed E-state index contributed by atoms with van der Waals surface area (Å²) in [7, 11) is 0. The van der Waals surface area contributed by atoms with E-state index in [1.54, 1.807) is 18.2 Å². The van der Waals surface area contributed by atoms with Gasteiger partial charge in [-0.2, -0.15) is 0 Å². The Hall–Kier alpha value is -1.88. The zero-order valence-corrected chi connectivity index (χ0v) is 10.9. The second-order valence-electron chi connectivity index (χ2n) is 5.49. The highest BCUT2D eigenvalue weighted by molar-refractivity contribution is 6.24. The lowest BCUT2D eigenvalue weighted by atomic mass is 9.90. The molecule has 0 bridgehead atoms. The zero-order chi connectivity index (χ0) is 13.6. The van der Waals surface area contributed by atoms with E-state index in [1.807, 2.05) is 6.92 Å². The number of piperidine rings is 1. The number of nitrogen functional groups attached to an aromatic ring is 1. The SMILES string of the molecule is CC1(N2C(=O)c3cccc(N)c3C2=O)CCCNC1. The van der Waals surface area contributed by atoms with Crippen LogP contribution in [0, 0.1) is 0 Å². The van der Waals surface area contributed by atoms with Crippen molar-refractivity contribution in [1.82, 2.24) is 10.2 Å². The van der Waals surface area contributed by atoms with E-state index < -0.39 is 5.54 Å². The third-order valence-corrected chi connectivity index (χ3v) is 4.06. The van der Waals surface area contributed by atoms with Gasteiger partial charge >= 0.3 is 0 Å². The Morgan fingerprint density at radius 2 is 2.11 bits per heavy atom. The van der Waals surface area contributed by atoms with Crippen molar-refractivity contribution >= 4 is 17.5 Å². The number of hydrogen-bond acceptors (Lipinski definition) is 4. The molecule has 2 aliphatic heterocycles. The van der Waals surface area contributed by atoms with Crippen molar-refractivity contribution in [3.63, 3.8) is 0 Å². The maximum absolute atomic E-state index is 12.5. The molecule has 0 aromatic heterocycles. The summed E-state index contributed by atoms with van der Waals surface area (Å²) in [6.45, 7) is 3.52. The Bertz CT molecular complexity index is 562. The second-order valence-corrected chi connectivity index (χ2v) is 5.49. The smallest absolute Gasteiger partial charge is 0.264 e. The van der Waals surface area contributed by atoms with Crippen LogP contribution in [0.5, 0.6) is 0 Å². The molecule has 0 saturated carbocycles. The summed E-state index contributed by atoms with van der Waals surface area (Å²) in [5.74, 6) is -0.484.